The molecule has 0 amide bonds. The van der Waals surface area contributed by atoms with Crippen molar-refractivity contribution in [1.29, 1.82) is 0 Å². The fourth-order valence-corrected chi connectivity index (χ4v) is 4.00. The second-order valence-corrected chi connectivity index (χ2v) is 7.23. The van der Waals surface area contributed by atoms with E-state index >= 15 is 0 Å². The van der Waals surface area contributed by atoms with Gasteiger partial charge in [0.05, 0.1) is 40.0 Å². The molecule has 8 nitrogen and oxygen atoms in total. The van der Waals surface area contributed by atoms with Crippen molar-refractivity contribution in [2.45, 2.75) is 18.9 Å². The number of ether oxygens (including phenoxy) is 5. The first-order valence-electron chi connectivity index (χ1n) is 10.2. The minimum Gasteiger partial charge on any atom is -0.493 e. The molecule has 1 aliphatic heterocycles. The third-order valence-electron chi connectivity index (χ3n) is 5.55. The Balaban J connectivity index is 1.58. The zero-order chi connectivity index (χ0) is 21.8. The topological polar surface area (TPSA) is 75.2 Å². The molecule has 0 aliphatic carbocycles. The Morgan fingerprint density at radius 1 is 0.806 bits per heavy atom. The van der Waals surface area contributed by atoms with Crippen LogP contribution in [0.4, 0.5) is 5.82 Å². The summed E-state index contributed by atoms with van der Waals surface area (Å²) in [7, 11) is 6.46. The number of nitrogens with zero attached hydrogens (tertiary/aromatic N) is 3. The number of fused-ring (bicyclic) bond motifs is 1. The van der Waals surface area contributed by atoms with Crippen LogP contribution in [-0.4, -0.2) is 57.8 Å². The number of hydrogen-bond acceptors (Lipinski definition) is 8. The van der Waals surface area contributed by atoms with Gasteiger partial charge < -0.3 is 28.6 Å². The van der Waals surface area contributed by atoms with Crippen LogP contribution in [0, 0.1) is 0 Å². The largest absolute Gasteiger partial charge is 0.493 e. The highest BCUT2D eigenvalue weighted by Crippen LogP contribution is 2.45. The second kappa shape index (κ2) is 9.16. The molecule has 0 bridgehead atoms. The van der Waals surface area contributed by atoms with Crippen LogP contribution < -0.4 is 28.6 Å². The van der Waals surface area contributed by atoms with Crippen molar-refractivity contribution in [3.63, 3.8) is 0 Å². The lowest BCUT2D eigenvalue weighted by Gasteiger charge is -2.33. The van der Waals surface area contributed by atoms with Crippen LogP contribution >= 0.6 is 0 Å². The molecule has 0 saturated carbocycles. The van der Waals surface area contributed by atoms with Gasteiger partial charge in [-0.25, -0.2) is 0 Å². The number of methoxy groups -OCH3 is 4. The van der Waals surface area contributed by atoms with Crippen LogP contribution in [0.15, 0.2) is 36.5 Å². The van der Waals surface area contributed by atoms with E-state index in [0.717, 1.165) is 54.0 Å². The van der Waals surface area contributed by atoms with Gasteiger partial charge in [0.25, 0.3) is 0 Å². The van der Waals surface area contributed by atoms with Gasteiger partial charge in [-0.05, 0) is 18.2 Å². The van der Waals surface area contributed by atoms with Crippen LogP contribution in [0.25, 0.3) is 10.8 Å². The zero-order valence-corrected chi connectivity index (χ0v) is 18.3. The van der Waals surface area contributed by atoms with Crippen LogP contribution in [-0.2, 0) is 0 Å². The number of piperidine rings is 1. The van der Waals surface area contributed by atoms with E-state index in [4.69, 9.17) is 23.7 Å². The van der Waals surface area contributed by atoms with Crippen LogP contribution in [0.5, 0.6) is 28.7 Å². The quantitative estimate of drug-likeness (QED) is 0.567. The number of rotatable bonds is 7. The van der Waals surface area contributed by atoms with Crippen molar-refractivity contribution in [2.75, 3.05) is 46.4 Å². The molecule has 0 atom stereocenters. The van der Waals surface area contributed by atoms with E-state index in [-0.39, 0.29) is 6.10 Å². The predicted octanol–water partition coefficient (Wildman–Crippen LogP) is 3.71. The molecule has 31 heavy (non-hydrogen) atoms. The van der Waals surface area contributed by atoms with Gasteiger partial charge in [0.1, 0.15) is 6.10 Å². The van der Waals surface area contributed by atoms with Gasteiger partial charge in [0, 0.05) is 31.3 Å². The molecule has 1 fully saturated rings. The Labute approximate surface area is 181 Å². The average molecular weight is 425 g/mol. The first kappa shape index (κ1) is 20.8. The molecule has 1 aliphatic rings. The lowest BCUT2D eigenvalue weighted by Crippen LogP contribution is -2.39. The predicted molar refractivity (Wildman–Crippen MR) is 118 cm³/mol. The smallest absolute Gasteiger partial charge is 0.204 e. The summed E-state index contributed by atoms with van der Waals surface area (Å²) in [6, 6.07) is 9.66. The van der Waals surface area contributed by atoms with Crippen molar-refractivity contribution >= 4 is 16.6 Å². The van der Waals surface area contributed by atoms with E-state index in [9.17, 15) is 0 Å². The van der Waals surface area contributed by atoms with Crippen molar-refractivity contribution in [3.05, 3.63) is 36.5 Å². The van der Waals surface area contributed by atoms with Gasteiger partial charge in [0.2, 0.25) is 5.75 Å². The summed E-state index contributed by atoms with van der Waals surface area (Å²) in [6.07, 6.45) is 3.53. The standard InChI is InChI=1S/C23H27N3O5/c1-27-18-7-5-6-8-19(18)31-15-9-11-26(12-10-15)23-16-13-20(28-2)22(30-4)21(29-3)17(16)14-24-25-23/h5-8,13-15H,9-12H2,1-4H3. The molecule has 2 aromatic carbocycles. The summed E-state index contributed by atoms with van der Waals surface area (Å²) in [4.78, 5) is 2.22. The summed E-state index contributed by atoms with van der Waals surface area (Å²) >= 11 is 0. The van der Waals surface area contributed by atoms with Crippen molar-refractivity contribution in [1.82, 2.24) is 10.2 Å². The number of benzene rings is 2. The van der Waals surface area contributed by atoms with Crippen molar-refractivity contribution in [3.8, 4) is 28.7 Å². The SMILES string of the molecule is COc1ccccc1OC1CCN(c2nncc3c(OC)c(OC)c(OC)cc23)CC1. The van der Waals surface area contributed by atoms with Crippen LogP contribution in [0.2, 0.25) is 0 Å². The highest BCUT2D eigenvalue weighted by molar-refractivity contribution is 5.99. The molecule has 164 valence electrons. The molecule has 4 rings (SSSR count). The molecule has 8 heteroatoms. The number of aromatic nitrogens is 2. The van der Waals surface area contributed by atoms with E-state index in [0.29, 0.717) is 17.2 Å². The summed E-state index contributed by atoms with van der Waals surface area (Å²) in [6.45, 7) is 1.59. The maximum absolute atomic E-state index is 6.21. The fourth-order valence-electron chi connectivity index (χ4n) is 4.00. The Bertz CT molecular complexity index is 1050. The summed E-state index contributed by atoms with van der Waals surface area (Å²) in [5.74, 6) is 4.04. The van der Waals surface area contributed by atoms with Crippen LogP contribution in [0.3, 0.4) is 0 Å². The minimum absolute atomic E-state index is 0.111. The van der Waals surface area contributed by atoms with Gasteiger partial charge in [-0.15, -0.1) is 5.10 Å². The highest BCUT2D eigenvalue weighted by atomic mass is 16.5. The molecular weight excluding hydrogens is 398 g/mol. The van der Waals surface area contributed by atoms with Gasteiger partial charge in [0.15, 0.2) is 28.8 Å². The Morgan fingerprint density at radius 2 is 1.48 bits per heavy atom. The third-order valence-corrected chi connectivity index (χ3v) is 5.55. The second-order valence-electron chi connectivity index (χ2n) is 7.23. The molecule has 1 aromatic heterocycles. The van der Waals surface area contributed by atoms with E-state index in [2.05, 4.69) is 15.1 Å². The maximum Gasteiger partial charge on any atom is 0.204 e. The summed E-state index contributed by atoms with van der Waals surface area (Å²) in [5.41, 5.74) is 0. The van der Waals surface area contributed by atoms with Gasteiger partial charge >= 0.3 is 0 Å². The number of para-hydroxylation sites is 2. The van der Waals surface area contributed by atoms with Crippen molar-refractivity contribution < 1.29 is 23.7 Å². The molecule has 2 heterocycles. The Hall–Kier alpha value is -3.42. The Kier molecular flexibility index (Phi) is 6.16. The van der Waals surface area contributed by atoms with Crippen LogP contribution in [0.1, 0.15) is 12.8 Å². The van der Waals surface area contributed by atoms with Gasteiger partial charge in [-0.3, -0.25) is 0 Å². The normalized spacial score (nSPS) is 14.4. The fraction of sp³-hybridized carbons (Fsp3) is 0.391. The molecule has 3 aromatic rings. The molecular formula is C23H27N3O5. The monoisotopic (exact) mass is 425 g/mol. The lowest BCUT2D eigenvalue weighted by molar-refractivity contribution is 0.164. The van der Waals surface area contributed by atoms with Gasteiger partial charge in [-0.2, -0.15) is 5.10 Å². The first-order chi connectivity index (χ1) is 15.2. The number of hydrogen-bond donors (Lipinski definition) is 0. The average Bonchev–Trinajstić information content (AvgIpc) is 2.83. The van der Waals surface area contributed by atoms with E-state index in [1.165, 1.54) is 0 Å². The summed E-state index contributed by atoms with van der Waals surface area (Å²) < 4.78 is 28.3. The van der Waals surface area contributed by atoms with Crippen molar-refractivity contribution in [2.24, 2.45) is 0 Å². The lowest BCUT2D eigenvalue weighted by atomic mass is 10.1. The summed E-state index contributed by atoms with van der Waals surface area (Å²) in [5, 5.41) is 10.4. The number of anilines is 1. The zero-order valence-electron chi connectivity index (χ0n) is 18.3. The molecule has 0 radical (unpaired) electrons. The molecule has 0 unspecified atom stereocenters. The minimum atomic E-state index is 0.111. The van der Waals surface area contributed by atoms with E-state index in [1.807, 2.05) is 30.3 Å². The molecule has 0 spiro atoms. The first-order valence-corrected chi connectivity index (χ1v) is 10.2. The maximum atomic E-state index is 6.21. The van der Waals surface area contributed by atoms with E-state index < -0.39 is 0 Å². The Morgan fingerprint density at radius 3 is 2.13 bits per heavy atom. The highest BCUT2D eigenvalue weighted by Gasteiger charge is 2.26. The molecule has 0 N–H and O–H groups in total. The van der Waals surface area contributed by atoms with E-state index in [1.54, 1.807) is 34.6 Å². The molecule has 1 saturated heterocycles. The van der Waals surface area contributed by atoms with Gasteiger partial charge in [-0.1, -0.05) is 12.1 Å². The third kappa shape index (κ3) is 3.97.